The average molecular weight is 266 g/mol. The van der Waals surface area contributed by atoms with Crippen molar-refractivity contribution in [3.8, 4) is 6.07 Å². The van der Waals surface area contributed by atoms with E-state index >= 15 is 0 Å². The first-order chi connectivity index (χ1) is 9.67. The van der Waals surface area contributed by atoms with Crippen LogP contribution in [-0.4, -0.2) is 24.1 Å². The molecule has 0 saturated carbocycles. The highest BCUT2D eigenvalue weighted by molar-refractivity contribution is 5.86. The van der Waals surface area contributed by atoms with Gasteiger partial charge >= 0.3 is 0 Å². The van der Waals surface area contributed by atoms with Crippen molar-refractivity contribution in [1.82, 2.24) is 4.98 Å². The molecule has 0 radical (unpaired) electrons. The smallest absolute Gasteiger partial charge is 0.130 e. The molecule has 1 aliphatic rings. The normalized spacial score (nSPS) is 22.8. The lowest BCUT2D eigenvalue weighted by atomic mass is 9.96. The lowest BCUT2D eigenvalue weighted by Gasteiger charge is -2.35. The molecule has 0 bridgehead atoms. The number of nitrogens with two attached hydrogens (primary N) is 1. The Morgan fingerprint density at radius 2 is 2.15 bits per heavy atom. The SMILES string of the molecule is CC1CC(N)CN(c2cc(C#N)c3ccccc3n2)C1. The molecule has 2 unspecified atom stereocenters. The van der Waals surface area contributed by atoms with Crippen LogP contribution in [0, 0.1) is 17.2 Å². The second-order valence-corrected chi connectivity index (χ2v) is 5.66. The summed E-state index contributed by atoms with van der Waals surface area (Å²) in [5.41, 5.74) is 7.65. The second-order valence-electron chi connectivity index (χ2n) is 5.66. The molecule has 2 heterocycles. The van der Waals surface area contributed by atoms with Crippen LogP contribution in [0.25, 0.3) is 10.9 Å². The average Bonchev–Trinajstić information content (AvgIpc) is 2.45. The third-order valence-corrected chi connectivity index (χ3v) is 3.84. The number of rotatable bonds is 1. The Bertz CT molecular complexity index is 664. The Hall–Kier alpha value is -2.12. The van der Waals surface area contributed by atoms with Gasteiger partial charge in [-0.15, -0.1) is 0 Å². The maximum absolute atomic E-state index is 9.34. The standard InChI is InChI=1S/C16H18N4/c1-11-6-13(18)10-20(9-11)16-7-12(8-17)14-4-2-3-5-15(14)19-16/h2-5,7,11,13H,6,9-10,18H2,1H3. The van der Waals surface area contributed by atoms with Crippen LogP contribution in [0.15, 0.2) is 30.3 Å². The van der Waals surface area contributed by atoms with E-state index in [4.69, 9.17) is 10.7 Å². The summed E-state index contributed by atoms with van der Waals surface area (Å²) in [6, 6.07) is 12.1. The van der Waals surface area contributed by atoms with Gasteiger partial charge in [-0.3, -0.25) is 0 Å². The van der Waals surface area contributed by atoms with Gasteiger partial charge in [0.15, 0.2) is 0 Å². The van der Waals surface area contributed by atoms with Crippen molar-refractivity contribution < 1.29 is 0 Å². The molecule has 4 nitrogen and oxygen atoms in total. The molecular formula is C16H18N4. The minimum absolute atomic E-state index is 0.178. The number of nitriles is 1. The molecule has 1 saturated heterocycles. The summed E-state index contributed by atoms with van der Waals surface area (Å²) in [4.78, 5) is 6.90. The van der Waals surface area contributed by atoms with Crippen molar-refractivity contribution in [1.29, 1.82) is 5.26 Å². The van der Waals surface area contributed by atoms with Crippen molar-refractivity contribution in [2.24, 2.45) is 11.7 Å². The highest BCUT2D eigenvalue weighted by Crippen LogP contribution is 2.25. The summed E-state index contributed by atoms with van der Waals surface area (Å²) in [6.07, 6.45) is 1.05. The Labute approximate surface area is 118 Å². The molecule has 0 spiro atoms. The molecule has 0 aliphatic carbocycles. The number of pyridine rings is 1. The van der Waals surface area contributed by atoms with Gasteiger partial charge in [-0.25, -0.2) is 4.98 Å². The first-order valence-corrected chi connectivity index (χ1v) is 6.98. The third kappa shape index (κ3) is 2.33. The third-order valence-electron chi connectivity index (χ3n) is 3.84. The predicted molar refractivity (Wildman–Crippen MR) is 80.4 cm³/mol. The van der Waals surface area contributed by atoms with E-state index < -0.39 is 0 Å². The largest absolute Gasteiger partial charge is 0.355 e. The summed E-state index contributed by atoms with van der Waals surface area (Å²) < 4.78 is 0. The van der Waals surface area contributed by atoms with Crippen molar-refractivity contribution >= 4 is 16.7 Å². The van der Waals surface area contributed by atoms with Crippen molar-refractivity contribution in [3.63, 3.8) is 0 Å². The maximum Gasteiger partial charge on any atom is 0.130 e. The van der Waals surface area contributed by atoms with E-state index in [2.05, 4.69) is 17.9 Å². The highest BCUT2D eigenvalue weighted by atomic mass is 15.2. The number of piperidine rings is 1. The molecule has 1 aromatic carbocycles. The number of hydrogen-bond donors (Lipinski definition) is 1. The molecule has 2 N–H and O–H groups in total. The van der Waals surface area contributed by atoms with Crippen molar-refractivity contribution in [3.05, 3.63) is 35.9 Å². The van der Waals surface area contributed by atoms with Gasteiger partial charge in [0.2, 0.25) is 0 Å². The van der Waals surface area contributed by atoms with Gasteiger partial charge in [0.1, 0.15) is 5.82 Å². The fourth-order valence-corrected chi connectivity index (χ4v) is 3.00. The minimum Gasteiger partial charge on any atom is -0.355 e. The van der Waals surface area contributed by atoms with Crippen LogP contribution < -0.4 is 10.6 Å². The highest BCUT2D eigenvalue weighted by Gasteiger charge is 2.23. The number of para-hydroxylation sites is 1. The number of benzene rings is 1. The topological polar surface area (TPSA) is 65.9 Å². The van der Waals surface area contributed by atoms with E-state index in [0.29, 0.717) is 11.5 Å². The molecule has 20 heavy (non-hydrogen) atoms. The quantitative estimate of drug-likeness (QED) is 0.860. The number of anilines is 1. The van der Waals surface area contributed by atoms with Gasteiger partial charge < -0.3 is 10.6 Å². The molecule has 2 aromatic rings. The van der Waals surface area contributed by atoms with Crippen LogP contribution in [0.4, 0.5) is 5.82 Å². The maximum atomic E-state index is 9.34. The fourth-order valence-electron chi connectivity index (χ4n) is 3.00. The molecule has 0 amide bonds. The number of aromatic nitrogens is 1. The van der Waals surface area contributed by atoms with E-state index in [0.717, 1.165) is 36.2 Å². The van der Waals surface area contributed by atoms with E-state index in [1.54, 1.807) is 0 Å². The number of fused-ring (bicyclic) bond motifs is 1. The molecule has 1 fully saturated rings. The van der Waals surface area contributed by atoms with E-state index in [1.165, 1.54) is 0 Å². The first kappa shape index (κ1) is 12.9. The zero-order valence-electron chi connectivity index (χ0n) is 11.6. The number of hydrogen-bond acceptors (Lipinski definition) is 4. The van der Waals surface area contributed by atoms with Crippen molar-refractivity contribution in [2.75, 3.05) is 18.0 Å². The Morgan fingerprint density at radius 1 is 1.35 bits per heavy atom. The number of nitrogens with zero attached hydrogens (tertiary/aromatic N) is 3. The summed E-state index contributed by atoms with van der Waals surface area (Å²) >= 11 is 0. The molecule has 1 aliphatic heterocycles. The van der Waals surface area contributed by atoms with Gasteiger partial charge in [-0.1, -0.05) is 25.1 Å². The summed E-state index contributed by atoms with van der Waals surface area (Å²) in [5, 5.41) is 10.3. The Balaban J connectivity index is 2.06. The van der Waals surface area contributed by atoms with Gasteiger partial charge in [-0.05, 0) is 24.5 Å². The monoisotopic (exact) mass is 266 g/mol. The molecule has 1 aromatic heterocycles. The van der Waals surface area contributed by atoms with E-state index in [1.807, 2.05) is 30.3 Å². The van der Waals surface area contributed by atoms with Crippen LogP contribution in [-0.2, 0) is 0 Å². The first-order valence-electron chi connectivity index (χ1n) is 6.98. The summed E-state index contributed by atoms with van der Waals surface area (Å²) in [6.45, 7) is 3.96. The van der Waals surface area contributed by atoms with Crippen LogP contribution in [0.1, 0.15) is 18.9 Å². The minimum atomic E-state index is 0.178. The molecular weight excluding hydrogens is 248 g/mol. The Kier molecular flexibility index (Phi) is 3.29. The van der Waals surface area contributed by atoms with Gasteiger partial charge in [0.05, 0.1) is 17.1 Å². The molecule has 4 heteroatoms. The second kappa shape index (κ2) is 5.10. The predicted octanol–water partition coefficient (Wildman–Crippen LogP) is 2.28. The Morgan fingerprint density at radius 3 is 2.90 bits per heavy atom. The van der Waals surface area contributed by atoms with Gasteiger partial charge in [0.25, 0.3) is 0 Å². The molecule has 3 rings (SSSR count). The van der Waals surface area contributed by atoms with Crippen LogP contribution in [0.5, 0.6) is 0 Å². The van der Waals surface area contributed by atoms with Crippen LogP contribution in [0.2, 0.25) is 0 Å². The fraction of sp³-hybridized carbons (Fsp3) is 0.375. The zero-order valence-corrected chi connectivity index (χ0v) is 11.6. The molecule has 2 atom stereocenters. The molecule has 102 valence electrons. The van der Waals surface area contributed by atoms with Gasteiger partial charge in [-0.2, -0.15) is 5.26 Å². The zero-order chi connectivity index (χ0) is 14.1. The summed E-state index contributed by atoms with van der Waals surface area (Å²) in [7, 11) is 0. The van der Waals surface area contributed by atoms with E-state index in [9.17, 15) is 5.26 Å². The van der Waals surface area contributed by atoms with Crippen LogP contribution >= 0.6 is 0 Å². The lowest BCUT2D eigenvalue weighted by Crippen LogP contribution is -2.46. The van der Waals surface area contributed by atoms with Crippen molar-refractivity contribution in [2.45, 2.75) is 19.4 Å². The van der Waals surface area contributed by atoms with E-state index in [-0.39, 0.29) is 6.04 Å². The van der Waals surface area contributed by atoms with Crippen LogP contribution in [0.3, 0.4) is 0 Å². The lowest BCUT2D eigenvalue weighted by molar-refractivity contribution is 0.400. The van der Waals surface area contributed by atoms with Gasteiger partial charge in [0, 0.05) is 24.5 Å². The summed E-state index contributed by atoms with van der Waals surface area (Å²) in [5.74, 6) is 1.42.